The molecule has 5 rings (SSSR count). The zero-order valence-corrected chi connectivity index (χ0v) is 32.5. The Morgan fingerprint density at radius 2 is 1.50 bits per heavy atom. The van der Waals surface area contributed by atoms with Crippen molar-refractivity contribution in [3.05, 3.63) is 113 Å². The van der Waals surface area contributed by atoms with E-state index in [2.05, 4.69) is 0 Å². The average Bonchev–Trinajstić information content (AvgIpc) is 3.14. The quantitative estimate of drug-likeness (QED) is 0.0988. The Bertz CT molecular complexity index is 1990. The summed E-state index contributed by atoms with van der Waals surface area (Å²) < 4.78 is 35.0. The number of rotatable bonds is 14. The third kappa shape index (κ3) is 8.17. The van der Waals surface area contributed by atoms with Gasteiger partial charge in [-0.3, -0.25) is 9.59 Å². The van der Waals surface area contributed by atoms with Crippen molar-refractivity contribution in [1.29, 1.82) is 0 Å². The third-order valence-electron chi connectivity index (χ3n) is 10.5. The Labute approximate surface area is 317 Å². The Morgan fingerprint density at radius 3 is 2.13 bits per heavy atom. The fourth-order valence-corrected chi connectivity index (χ4v) is 7.05. The van der Waals surface area contributed by atoms with Crippen LogP contribution in [0.3, 0.4) is 0 Å². The summed E-state index contributed by atoms with van der Waals surface area (Å²) in [6, 6.07) is 26.3. The Hall–Kier alpha value is -5.51. The molecule has 10 heteroatoms. The van der Waals surface area contributed by atoms with Gasteiger partial charge in [-0.1, -0.05) is 56.3 Å². The van der Waals surface area contributed by atoms with Gasteiger partial charge in [0.1, 0.15) is 28.4 Å². The molecule has 1 aliphatic rings. The lowest BCUT2D eigenvalue weighted by Crippen LogP contribution is -2.44. The molecule has 286 valence electrons. The first kappa shape index (κ1) is 39.7. The number of phenols is 1. The second kappa shape index (κ2) is 15.5. The monoisotopic (exact) mass is 738 g/mol. The lowest BCUT2D eigenvalue weighted by Gasteiger charge is -2.40. The molecule has 4 unspecified atom stereocenters. The molecule has 54 heavy (non-hydrogen) atoms. The van der Waals surface area contributed by atoms with Gasteiger partial charge in [-0.15, -0.1) is 0 Å². The molecule has 0 radical (unpaired) electrons. The minimum absolute atomic E-state index is 0.00396. The van der Waals surface area contributed by atoms with Gasteiger partial charge in [0.05, 0.1) is 25.0 Å². The molecule has 0 fully saturated rings. The SMILES string of the molecule is CCC(C)(CC(C)(CC(C)c1ccc(O)c(OC)c1)C(=O)OC(C)(C)c1ccccc1)C(=O)Oc1cccc2c1C(=O)OC(C)(c1ccc(OC)cc1)O2. The maximum Gasteiger partial charge on any atom is 0.349 e. The maximum atomic E-state index is 14.5. The highest BCUT2D eigenvalue weighted by Gasteiger charge is 2.49. The number of carbonyl (C=O) groups excluding carboxylic acids is 3. The number of hydrogen-bond acceptors (Lipinski definition) is 10. The maximum absolute atomic E-state index is 14.5. The molecule has 0 aliphatic carbocycles. The molecule has 1 aliphatic heterocycles. The average molecular weight is 739 g/mol. The lowest BCUT2D eigenvalue weighted by molar-refractivity contribution is -0.173. The zero-order chi connectivity index (χ0) is 39.5. The third-order valence-corrected chi connectivity index (χ3v) is 10.5. The van der Waals surface area contributed by atoms with Gasteiger partial charge in [0.15, 0.2) is 11.5 Å². The zero-order valence-electron chi connectivity index (χ0n) is 32.5. The molecule has 4 aromatic rings. The second-order valence-electron chi connectivity index (χ2n) is 15.1. The minimum atomic E-state index is -1.44. The van der Waals surface area contributed by atoms with Crippen LogP contribution in [-0.4, -0.2) is 37.2 Å². The largest absolute Gasteiger partial charge is 0.504 e. The normalized spacial score (nSPS) is 18.1. The molecule has 0 bridgehead atoms. The van der Waals surface area contributed by atoms with E-state index in [1.165, 1.54) is 13.2 Å². The summed E-state index contributed by atoms with van der Waals surface area (Å²) in [4.78, 5) is 42.4. The van der Waals surface area contributed by atoms with E-state index in [0.717, 1.165) is 11.1 Å². The fourth-order valence-electron chi connectivity index (χ4n) is 7.05. The van der Waals surface area contributed by atoms with Crippen LogP contribution in [0.5, 0.6) is 28.7 Å². The van der Waals surface area contributed by atoms with Crippen molar-refractivity contribution in [3.8, 4) is 28.7 Å². The first-order valence-corrected chi connectivity index (χ1v) is 18.1. The molecule has 0 saturated heterocycles. The smallest absolute Gasteiger partial charge is 0.349 e. The highest BCUT2D eigenvalue weighted by molar-refractivity contribution is 5.98. The van der Waals surface area contributed by atoms with E-state index < -0.39 is 40.1 Å². The number of fused-ring (bicyclic) bond motifs is 1. The van der Waals surface area contributed by atoms with E-state index in [9.17, 15) is 19.5 Å². The van der Waals surface area contributed by atoms with Crippen LogP contribution in [-0.2, 0) is 30.5 Å². The predicted molar refractivity (Wildman–Crippen MR) is 203 cm³/mol. The number of cyclic esters (lactones) is 1. The molecule has 0 saturated carbocycles. The molecule has 4 atom stereocenters. The fraction of sp³-hybridized carbons (Fsp3) is 0.386. The second-order valence-corrected chi connectivity index (χ2v) is 15.1. The van der Waals surface area contributed by atoms with E-state index in [4.69, 9.17) is 28.4 Å². The van der Waals surface area contributed by atoms with Crippen molar-refractivity contribution >= 4 is 17.9 Å². The van der Waals surface area contributed by atoms with Crippen LogP contribution in [0.1, 0.15) is 101 Å². The summed E-state index contributed by atoms with van der Waals surface area (Å²) in [5.41, 5.74) is -1.17. The molecular weight excluding hydrogens is 688 g/mol. The van der Waals surface area contributed by atoms with Crippen LogP contribution in [0.25, 0.3) is 0 Å². The standard InChI is InChI=1S/C44H50O10/c1-10-42(5,39(47)51-34-17-14-18-35-37(34)38(46)53-44(7,52-35)31-20-22-32(49-8)23-21-31)27-43(6,26-28(2)29-19-24-33(45)36(25-29)50-9)40(48)54-41(3,4)30-15-12-11-13-16-30/h11-25,28,45H,10,26-27H2,1-9H3. The number of carbonyl (C=O) groups is 3. The minimum Gasteiger partial charge on any atom is -0.504 e. The molecule has 1 N–H and O–H groups in total. The summed E-state index contributed by atoms with van der Waals surface area (Å²) in [5.74, 6) is -2.35. The number of benzene rings is 4. The summed E-state index contributed by atoms with van der Waals surface area (Å²) >= 11 is 0. The van der Waals surface area contributed by atoms with Gasteiger partial charge in [-0.2, -0.15) is 0 Å². The van der Waals surface area contributed by atoms with E-state index in [0.29, 0.717) is 29.9 Å². The number of ether oxygens (including phenoxy) is 6. The summed E-state index contributed by atoms with van der Waals surface area (Å²) in [6.45, 7) is 12.7. The molecule has 0 amide bonds. The van der Waals surface area contributed by atoms with Crippen molar-refractivity contribution in [3.63, 3.8) is 0 Å². The first-order valence-electron chi connectivity index (χ1n) is 18.1. The van der Waals surface area contributed by atoms with Crippen molar-refractivity contribution in [2.75, 3.05) is 14.2 Å². The van der Waals surface area contributed by atoms with Crippen LogP contribution >= 0.6 is 0 Å². The highest BCUT2D eigenvalue weighted by atomic mass is 16.7. The van der Waals surface area contributed by atoms with Gasteiger partial charge in [-0.25, -0.2) is 4.79 Å². The topological polar surface area (TPSA) is 127 Å². The highest BCUT2D eigenvalue weighted by Crippen LogP contribution is 2.47. The van der Waals surface area contributed by atoms with E-state index in [1.54, 1.807) is 82.5 Å². The number of phenolic OH excluding ortho intramolecular Hbond substituents is 1. The van der Waals surface area contributed by atoms with Crippen molar-refractivity contribution < 1.29 is 47.9 Å². The van der Waals surface area contributed by atoms with E-state index in [-0.39, 0.29) is 35.2 Å². The Morgan fingerprint density at radius 1 is 0.815 bits per heavy atom. The van der Waals surface area contributed by atoms with Gasteiger partial charge in [0, 0.05) is 12.5 Å². The molecular formula is C44H50O10. The summed E-state index contributed by atoms with van der Waals surface area (Å²) in [5, 5.41) is 10.2. The van der Waals surface area contributed by atoms with Gasteiger partial charge in [0.25, 0.3) is 5.79 Å². The molecule has 4 aromatic carbocycles. The van der Waals surface area contributed by atoms with Crippen molar-refractivity contribution in [1.82, 2.24) is 0 Å². The Balaban J connectivity index is 1.45. The van der Waals surface area contributed by atoms with E-state index >= 15 is 0 Å². The van der Waals surface area contributed by atoms with Crippen LogP contribution in [0, 0.1) is 10.8 Å². The molecule has 1 heterocycles. The predicted octanol–water partition coefficient (Wildman–Crippen LogP) is 9.22. The summed E-state index contributed by atoms with van der Waals surface area (Å²) in [6.07, 6.45) is 0.659. The number of hydrogen-bond donors (Lipinski definition) is 1. The number of methoxy groups -OCH3 is 2. The van der Waals surface area contributed by atoms with Gasteiger partial charge < -0.3 is 33.5 Å². The van der Waals surface area contributed by atoms with Crippen LogP contribution in [0.2, 0.25) is 0 Å². The number of aromatic hydroxyl groups is 1. The van der Waals surface area contributed by atoms with E-state index in [1.807, 2.05) is 58.0 Å². The Kier molecular flexibility index (Phi) is 11.4. The number of esters is 3. The first-order chi connectivity index (χ1) is 25.5. The molecule has 0 spiro atoms. The lowest BCUT2D eigenvalue weighted by atomic mass is 9.67. The van der Waals surface area contributed by atoms with Crippen LogP contribution in [0.4, 0.5) is 0 Å². The van der Waals surface area contributed by atoms with Crippen molar-refractivity contribution in [2.24, 2.45) is 10.8 Å². The van der Waals surface area contributed by atoms with Gasteiger partial charge in [-0.05, 0) is 113 Å². The molecule has 10 nitrogen and oxygen atoms in total. The van der Waals surface area contributed by atoms with Gasteiger partial charge in [0.2, 0.25) is 0 Å². The molecule has 0 aromatic heterocycles. The van der Waals surface area contributed by atoms with Crippen LogP contribution < -0.4 is 18.9 Å². The summed E-state index contributed by atoms with van der Waals surface area (Å²) in [7, 11) is 3.04. The van der Waals surface area contributed by atoms with Crippen molar-refractivity contribution in [2.45, 2.75) is 85.0 Å². The van der Waals surface area contributed by atoms with Gasteiger partial charge >= 0.3 is 17.9 Å². The van der Waals surface area contributed by atoms with Crippen LogP contribution in [0.15, 0.2) is 91.0 Å².